The second kappa shape index (κ2) is 8.24. The fraction of sp³-hybridized carbons (Fsp3) is 0.435. The minimum Gasteiger partial charge on any atom is -0.493 e. The Bertz CT molecular complexity index is 1020. The zero-order chi connectivity index (χ0) is 20.5. The lowest BCUT2D eigenvalue weighted by atomic mass is 9.91. The smallest absolute Gasteiger partial charge is 0.180 e. The molecule has 6 nitrogen and oxygen atoms in total. The van der Waals surface area contributed by atoms with Gasteiger partial charge in [-0.15, -0.1) is 0 Å². The van der Waals surface area contributed by atoms with Crippen LogP contribution in [0.2, 0.25) is 0 Å². The molecule has 2 fully saturated rings. The third kappa shape index (κ3) is 3.87. The Hall–Kier alpha value is -2.64. The van der Waals surface area contributed by atoms with Crippen LogP contribution in [0.5, 0.6) is 5.75 Å². The van der Waals surface area contributed by atoms with E-state index < -0.39 is 0 Å². The van der Waals surface area contributed by atoms with Crippen LogP contribution in [0.25, 0.3) is 11.0 Å². The van der Waals surface area contributed by atoms with Gasteiger partial charge in [0.15, 0.2) is 11.4 Å². The SMILES string of the molecule is OCc1cccc(OC[C@H]2CC[C@H]3CN(c4noc5ccc(F)cc45)CCN3C2)c1. The Kier molecular flexibility index (Phi) is 5.31. The van der Waals surface area contributed by atoms with E-state index in [-0.39, 0.29) is 12.4 Å². The van der Waals surface area contributed by atoms with Crippen LogP contribution in [0.4, 0.5) is 10.2 Å². The topological polar surface area (TPSA) is 62.0 Å². The van der Waals surface area contributed by atoms with Crippen molar-refractivity contribution in [2.45, 2.75) is 25.5 Å². The van der Waals surface area contributed by atoms with Crippen LogP contribution in [0.3, 0.4) is 0 Å². The van der Waals surface area contributed by atoms with Crippen molar-refractivity contribution >= 4 is 16.8 Å². The van der Waals surface area contributed by atoms with E-state index in [0.29, 0.717) is 24.1 Å². The number of piperazine rings is 1. The number of aliphatic hydroxyl groups is 1. The largest absolute Gasteiger partial charge is 0.493 e. The lowest BCUT2D eigenvalue weighted by Crippen LogP contribution is -2.57. The number of ether oxygens (including phenoxy) is 1. The van der Waals surface area contributed by atoms with E-state index in [4.69, 9.17) is 9.26 Å². The molecule has 5 rings (SSSR count). The molecule has 158 valence electrons. The molecule has 2 aliphatic heterocycles. The lowest BCUT2D eigenvalue weighted by molar-refractivity contribution is 0.0726. The summed E-state index contributed by atoms with van der Waals surface area (Å²) in [6, 6.07) is 12.7. The maximum absolute atomic E-state index is 13.7. The van der Waals surface area contributed by atoms with Crippen molar-refractivity contribution in [1.29, 1.82) is 0 Å². The molecule has 2 saturated heterocycles. The molecule has 3 heterocycles. The molecule has 0 saturated carbocycles. The van der Waals surface area contributed by atoms with Crippen LogP contribution in [0.15, 0.2) is 47.0 Å². The van der Waals surface area contributed by atoms with Gasteiger partial charge in [-0.1, -0.05) is 17.3 Å². The zero-order valence-electron chi connectivity index (χ0n) is 16.8. The molecule has 0 unspecified atom stereocenters. The Morgan fingerprint density at radius 1 is 1.13 bits per heavy atom. The van der Waals surface area contributed by atoms with Crippen molar-refractivity contribution in [3.8, 4) is 5.75 Å². The molecule has 1 N–H and O–H groups in total. The first kappa shape index (κ1) is 19.3. The van der Waals surface area contributed by atoms with Crippen molar-refractivity contribution in [1.82, 2.24) is 10.1 Å². The third-order valence-electron chi connectivity index (χ3n) is 6.28. The predicted molar refractivity (Wildman–Crippen MR) is 112 cm³/mol. The minimum atomic E-state index is -0.268. The molecule has 0 bridgehead atoms. The maximum Gasteiger partial charge on any atom is 0.180 e. The first-order valence-corrected chi connectivity index (χ1v) is 10.6. The van der Waals surface area contributed by atoms with Crippen LogP contribution in [0, 0.1) is 11.7 Å². The highest BCUT2D eigenvalue weighted by atomic mass is 19.1. The quantitative estimate of drug-likeness (QED) is 0.694. The average molecular weight is 411 g/mol. The lowest BCUT2D eigenvalue weighted by Gasteiger charge is -2.46. The van der Waals surface area contributed by atoms with Crippen molar-refractivity contribution in [2.24, 2.45) is 5.92 Å². The first-order chi connectivity index (χ1) is 14.7. The van der Waals surface area contributed by atoms with Crippen LogP contribution in [0.1, 0.15) is 18.4 Å². The highest BCUT2D eigenvalue weighted by Gasteiger charge is 2.34. The van der Waals surface area contributed by atoms with Crippen molar-refractivity contribution < 1.29 is 18.8 Å². The molecule has 0 amide bonds. The van der Waals surface area contributed by atoms with Crippen molar-refractivity contribution in [3.05, 3.63) is 53.8 Å². The van der Waals surface area contributed by atoms with Crippen LogP contribution in [-0.4, -0.2) is 54.0 Å². The molecule has 30 heavy (non-hydrogen) atoms. The van der Waals surface area contributed by atoms with Gasteiger partial charge in [0.25, 0.3) is 0 Å². The monoisotopic (exact) mass is 411 g/mol. The molecule has 0 spiro atoms. The molecule has 1 aromatic heterocycles. The number of anilines is 1. The van der Waals surface area contributed by atoms with Crippen LogP contribution >= 0.6 is 0 Å². The Morgan fingerprint density at radius 3 is 2.97 bits per heavy atom. The summed E-state index contributed by atoms with van der Waals surface area (Å²) < 4.78 is 25.1. The number of piperidine rings is 1. The van der Waals surface area contributed by atoms with Gasteiger partial charge in [-0.25, -0.2) is 4.39 Å². The number of aromatic nitrogens is 1. The third-order valence-corrected chi connectivity index (χ3v) is 6.28. The highest BCUT2D eigenvalue weighted by Crippen LogP contribution is 2.32. The number of rotatable bonds is 5. The fourth-order valence-electron chi connectivity index (χ4n) is 4.66. The normalized spacial score (nSPS) is 22.3. The summed E-state index contributed by atoms with van der Waals surface area (Å²) in [5.41, 5.74) is 1.49. The predicted octanol–water partition coefficient (Wildman–Crippen LogP) is 3.44. The molecule has 0 radical (unpaired) electrons. The number of nitrogens with zero attached hydrogens (tertiary/aromatic N) is 3. The molecule has 2 atom stereocenters. The first-order valence-electron chi connectivity index (χ1n) is 10.6. The second-order valence-electron chi connectivity index (χ2n) is 8.30. The van der Waals surface area contributed by atoms with Crippen molar-refractivity contribution in [2.75, 3.05) is 37.7 Å². The summed E-state index contributed by atoms with van der Waals surface area (Å²) in [6.45, 7) is 4.41. The molecule has 3 aromatic rings. The van der Waals surface area contributed by atoms with E-state index in [2.05, 4.69) is 15.0 Å². The highest BCUT2D eigenvalue weighted by molar-refractivity contribution is 5.88. The van der Waals surface area contributed by atoms with Gasteiger partial charge >= 0.3 is 0 Å². The number of aliphatic hydroxyl groups excluding tert-OH is 1. The number of halogens is 1. The van der Waals surface area contributed by atoms with Gasteiger partial charge in [-0.2, -0.15) is 0 Å². The molecule has 2 aliphatic rings. The number of benzene rings is 2. The van der Waals surface area contributed by atoms with Crippen LogP contribution < -0.4 is 9.64 Å². The zero-order valence-corrected chi connectivity index (χ0v) is 16.8. The molecule has 2 aromatic carbocycles. The fourth-order valence-corrected chi connectivity index (χ4v) is 4.66. The molecular weight excluding hydrogens is 385 g/mol. The van der Waals surface area contributed by atoms with Gasteiger partial charge in [-0.3, -0.25) is 4.90 Å². The van der Waals surface area contributed by atoms with Gasteiger partial charge in [0.05, 0.1) is 18.6 Å². The summed E-state index contributed by atoms with van der Waals surface area (Å²) in [5, 5.41) is 14.2. The van der Waals surface area contributed by atoms with Crippen LogP contribution in [-0.2, 0) is 6.61 Å². The molecule has 0 aliphatic carbocycles. The van der Waals surface area contributed by atoms with E-state index in [1.54, 1.807) is 6.07 Å². The summed E-state index contributed by atoms with van der Waals surface area (Å²) in [7, 11) is 0. The Labute approximate surface area is 174 Å². The van der Waals surface area contributed by atoms with E-state index in [9.17, 15) is 9.50 Å². The number of hydrogen-bond donors (Lipinski definition) is 1. The average Bonchev–Trinajstić information content (AvgIpc) is 3.20. The Balaban J connectivity index is 1.19. The summed E-state index contributed by atoms with van der Waals surface area (Å²) in [4.78, 5) is 4.77. The standard InChI is InChI=1S/C23H26FN3O3/c24-18-5-7-22-21(11-18)23(25-30-22)27-9-8-26-12-17(4-6-19(26)13-27)15-29-20-3-1-2-16(10-20)14-28/h1-3,5,7,10-11,17,19,28H,4,6,8-9,12-15H2/t17-,19-/m0/s1. The van der Waals surface area contributed by atoms with E-state index >= 15 is 0 Å². The van der Waals surface area contributed by atoms with Gasteiger partial charge in [0, 0.05) is 38.1 Å². The number of fused-ring (bicyclic) bond motifs is 2. The van der Waals surface area contributed by atoms with E-state index in [1.165, 1.54) is 12.1 Å². The second-order valence-corrected chi connectivity index (χ2v) is 8.30. The summed E-state index contributed by atoms with van der Waals surface area (Å²) >= 11 is 0. The minimum absolute atomic E-state index is 0.0278. The maximum atomic E-state index is 13.7. The summed E-state index contributed by atoms with van der Waals surface area (Å²) in [6.07, 6.45) is 2.22. The van der Waals surface area contributed by atoms with E-state index in [0.717, 1.165) is 61.5 Å². The summed E-state index contributed by atoms with van der Waals surface area (Å²) in [5.74, 6) is 1.79. The van der Waals surface area contributed by atoms with Gasteiger partial charge < -0.3 is 19.3 Å². The van der Waals surface area contributed by atoms with Gasteiger partial charge in [0.1, 0.15) is 11.6 Å². The molecule has 7 heteroatoms. The molecular formula is C23H26FN3O3. The number of hydrogen-bond acceptors (Lipinski definition) is 6. The van der Waals surface area contributed by atoms with Crippen molar-refractivity contribution in [3.63, 3.8) is 0 Å². The van der Waals surface area contributed by atoms with E-state index in [1.807, 2.05) is 24.3 Å². The van der Waals surface area contributed by atoms with Gasteiger partial charge in [0.2, 0.25) is 0 Å². The Morgan fingerprint density at radius 2 is 2.07 bits per heavy atom. The van der Waals surface area contributed by atoms with Gasteiger partial charge in [-0.05, 0) is 48.7 Å².